The van der Waals surface area contributed by atoms with Gasteiger partial charge in [0.1, 0.15) is 22.8 Å². The van der Waals surface area contributed by atoms with Crippen molar-refractivity contribution in [3.05, 3.63) is 53.1 Å². The molecule has 1 N–H and O–H groups in total. The van der Waals surface area contributed by atoms with Crippen LogP contribution in [0.5, 0.6) is 17.2 Å². The number of carbonyl (C=O) groups excluding carboxylic acids is 1. The molecule has 0 bridgehead atoms. The van der Waals surface area contributed by atoms with Gasteiger partial charge in [-0.25, -0.2) is 4.57 Å². The summed E-state index contributed by atoms with van der Waals surface area (Å²) in [6.45, 7) is 6.72. The summed E-state index contributed by atoms with van der Waals surface area (Å²) < 4.78 is 41.1. The fraction of sp³-hybridized carbons (Fsp3) is 0.458. The first-order valence-electron chi connectivity index (χ1n) is 11.0. The van der Waals surface area contributed by atoms with E-state index in [1.165, 1.54) is 6.07 Å². The minimum Gasteiger partial charge on any atom is -0.493 e. The zero-order valence-electron chi connectivity index (χ0n) is 18.9. The Bertz CT molecular complexity index is 923. The van der Waals surface area contributed by atoms with Crippen molar-refractivity contribution in [1.29, 1.82) is 0 Å². The smallest absolute Gasteiger partial charge is 0.493 e. The van der Waals surface area contributed by atoms with E-state index in [4.69, 9.17) is 9.47 Å². The first-order valence-corrected chi connectivity index (χ1v) is 12.4. The van der Waals surface area contributed by atoms with Crippen LogP contribution in [0.2, 0.25) is 0 Å². The van der Waals surface area contributed by atoms with Crippen LogP contribution in [0.25, 0.3) is 0 Å². The second kappa shape index (κ2) is 12.6. The molecule has 0 aliphatic rings. The van der Waals surface area contributed by atoms with Crippen molar-refractivity contribution in [2.24, 2.45) is 0 Å². The van der Waals surface area contributed by atoms with E-state index in [1.807, 2.05) is 45.0 Å². The number of unbranched alkanes of at least 4 members (excludes halogenated alkanes) is 2. The summed E-state index contributed by atoms with van der Waals surface area (Å²) in [4.78, 5) is 22.3. The van der Waals surface area contributed by atoms with E-state index in [0.29, 0.717) is 19.6 Å². The molecule has 2 aromatic carbocycles. The standard InChI is InChI=1S/C24H32FO6P/c1-4-6-14-29-20-16-22(30-15-7-5-2)24(23(17-20)31-32(25,27)28)21(26)13-12-19-10-8-18(3)9-11-19/h8-11,16-17H,4-7,12-15H2,1-3H3,(H,27,28). The molecule has 2 aromatic rings. The Balaban J connectivity index is 2.37. The Morgan fingerprint density at radius 1 is 1.00 bits per heavy atom. The van der Waals surface area contributed by atoms with Gasteiger partial charge in [0, 0.05) is 18.6 Å². The van der Waals surface area contributed by atoms with Gasteiger partial charge in [0.05, 0.1) is 13.2 Å². The van der Waals surface area contributed by atoms with Crippen molar-refractivity contribution >= 4 is 13.7 Å². The van der Waals surface area contributed by atoms with Gasteiger partial charge in [-0.15, -0.1) is 4.20 Å². The Kier molecular flexibility index (Phi) is 10.2. The summed E-state index contributed by atoms with van der Waals surface area (Å²) in [7, 11) is -5.40. The average Bonchev–Trinajstić information content (AvgIpc) is 2.72. The number of rotatable bonds is 14. The molecule has 0 amide bonds. The maximum atomic E-state index is 13.6. The van der Waals surface area contributed by atoms with E-state index < -0.39 is 7.91 Å². The molecule has 0 radical (unpaired) electrons. The van der Waals surface area contributed by atoms with E-state index in [2.05, 4.69) is 4.52 Å². The summed E-state index contributed by atoms with van der Waals surface area (Å²) in [5.74, 6) is -0.290. The molecule has 2 rings (SSSR count). The fourth-order valence-electron chi connectivity index (χ4n) is 3.03. The van der Waals surface area contributed by atoms with Crippen molar-refractivity contribution in [2.75, 3.05) is 13.2 Å². The zero-order valence-corrected chi connectivity index (χ0v) is 19.8. The third kappa shape index (κ3) is 8.64. The summed E-state index contributed by atoms with van der Waals surface area (Å²) in [6.07, 6.45) is 3.88. The lowest BCUT2D eigenvalue weighted by Gasteiger charge is -2.18. The second-order valence-electron chi connectivity index (χ2n) is 7.65. The minimum absolute atomic E-state index is 0.0528. The van der Waals surface area contributed by atoms with Crippen LogP contribution in [0.3, 0.4) is 0 Å². The van der Waals surface area contributed by atoms with E-state index in [1.54, 1.807) is 6.07 Å². The molecule has 1 unspecified atom stereocenters. The van der Waals surface area contributed by atoms with Crippen molar-refractivity contribution in [3.8, 4) is 17.2 Å². The van der Waals surface area contributed by atoms with Crippen LogP contribution in [0, 0.1) is 6.92 Å². The second-order valence-corrected chi connectivity index (χ2v) is 8.74. The van der Waals surface area contributed by atoms with E-state index in [9.17, 15) is 18.4 Å². The minimum atomic E-state index is -5.40. The van der Waals surface area contributed by atoms with Crippen LogP contribution in [-0.4, -0.2) is 23.9 Å². The van der Waals surface area contributed by atoms with Crippen molar-refractivity contribution in [2.45, 2.75) is 59.3 Å². The van der Waals surface area contributed by atoms with Gasteiger partial charge in [-0.2, -0.15) is 0 Å². The Hall–Kier alpha value is -2.37. The molecule has 1 atom stereocenters. The lowest BCUT2D eigenvalue weighted by Crippen LogP contribution is -2.10. The predicted molar refractivity (Wildman–Crippen MR) is 123 cm³/mol. The highest BCUT2D eigenvalue weighted by molar-refractivity contribution is 7.47. The largest absolute Gasteiger partial charge is 0.567 e. The van der Waals surface area contributed by atoms with Crippen LogP contribution < -0.4 is 14.0 Å². The van der Waals surface area contributed by atoms with Gasteiger partial charge in [0.15, 0.2) is 5.78 Å². The van der Waals surface area contributed by atoms with Gasteiger partial charge in [-0.05, 0) is 31.7 Å². The summed E-state index contributed by atoms with van der Waals surface area (Å²) in [5.41, 5.74) is 2.03. The molecular weight excluding hydrogens is 434 g/mol. The topological polar surface area (TPSA) is 82.1 Å². The normalized spacial score (nSPS) is 12.8. The molecule has 6 nitrogen and oxygen atoms in total. The van der Waals surface area contributed by atoms with Gasteiger partial charge in [0.2, 0.25) is 0 Å². The number of ether oxygens (including phenoxy) is 2. The molecule has 32 heavy (non-hydrogen) atoms. The summed E-state index contributed by atoms with van der Waals surface area (Å²) in [5, 5.41) is 0. The van der Waals surface area contributed by atoms with Crippen LogP contribution >= 0.6 is 7.91 Å². The average molecular weight is 466 g/mol. The molecule has 176 valence electrons. The molecule has 0 saturated carbocycles. The molecule has 0 aromatic heterocycles. The van der Waals surface area contributed by atoms with E-state index >= 15 is 0 Å². The lowest BCUT2D eigenvalue weighted by molar-refractivity contribution is 0.0976. The molecule has 0 fully saturated rings. The number of hydrogen-bond donors (Lipinski definition) is 1. The van der Waals surface area contributed by atoms with Crippen LogP contribution in [0.1, 0.15) is 67.4 Å². The highest BCUT2D eigenvalue weighted by atomic mass is 31.2. The SMILES string of the molecule is CCCCOc1cc(OCCCC)c(C(=O)CCc2ccc(C)cc2)c(OP(=O)(O)F)c1. The maximum absolute atomic E-state index is 13.6. The quantitative estimate of drug-likeness (QED) is 0.191. The first kappa shape index (κ1) is 25.9. The molecule has 0 spiro atoms. The maximum Gasteiger partial charge on any atom is 0.567 e. The molecular formula is C24H32FO6P. The van der Waals surface area contributed by atoms with E-state index in [-0.39, 0.29) is 35.0 Å². The van der Waals surface area contributed by atoms with Crippen LogP contribution in [0.15, 0.2) is 36.4 Å². The third-order valence-corrected chi connectivity index (χ3v) is 5.23. The number of halogens is 1. The lowest BCUT2D eigenvalue weighted by atomic mass is 10.0. The van der Waals surface area contributed by atoms with Gasteiger partial charge in [0.25, 0.3) is 0 Å². The summed E-state index contributed by atoms with van der Waals surface area (Å²) in [6, 6.07) is 10.6. The molecule has 0 aliphatic carbocycles. The first-order chi connectivity index (χ1) is 15.2. The van der Waals surface area contributed by atoms with Crippen molar-refractivity contribution in [1.82, 2.24) is 0 Å². The van der Waals surface area contributed by atoms with Gasteiger partial charge < -0.3 is 14.0 Å². The summed E-state index contributed by atoms with van der Waals surface area (Å²) >= 11 is 0. The number of hydrogen-bond acceptors (Lipinski definition) is 5. The highest BCUT2D eigenvalue weighted by Crippen LogP contribution is 2.48. The van der Waals surface area contributed by atoms with E-state index in [0.717, 1.165) is 36.8 Å². The van der Waals surface area contributed by atoms with Crippen molar-refractivity contribution in [3.63, 3.8) is 0 Å². The van der Waals surface area contributed by atoms with Crippen LogP contribution in [-0.2, 0) is 11.0 Å². The number of ketones is 1. The predicted octanol–water partition coefficient (Wildman–Crippen LogP) is 6.62. The zero-order chi connectivity index (χ0) is 23.6. The monoisotopic (exact) mass is 466 g/mol. The Morgan fingerprint density at radius 3 is 2.19 bits per heavy atom. The molecule has 0 saturated heterocycles. The Labute approximate surface area is 189 Å². The van der Waals surface area contributed by atoms with Crippen molar-refractivity contribution < 1.29 is 32.4 Å². The van der Waals surface area contributed by atoms with Gasteiger partial charge >= 0.3 is 7.91 Å². The number of benzene rings is 2. The molecule has 8 heteroatoms. The number of aryl methyl sites for hydroxylation is 2. The highest BCUT2D eigenvalue weighted by Gasteiger charge is 2.27. The number of carbonyl (C=O) groups is 1. The Morgan fingerprint density at radius 2 is 1.59 bits per heavy atom. The van der Waals surface area contributed by atoms with Gasteiger partial charge in [-0.3, -0.25) is 9.69 Å². The third-order valence-electron chi connectivity index (χ3n) is 4.81. The molecule has 0 aliphatic heterocycles. The fourth-order valence-corrected chi connectivity index (χ4v) is 3.42. The van der Waals surface area contributed by atoms with Gasteiger partial charge in [-0.1, -0.05) is 56.5 Å². The molecule has 0 heterocycles. The number of Topliss-reactive ketones (excluding diaryl/α,β-unsaturated/α-hetero) is 1. The van der Waals surface area contributed by atoms with Crippen LogP contribution in [0.4, 0.5) is 4.20 Å².